The van der Waals surface area contributed by atoms with Gasteiger partial charge in [-0.2, -0.15) is 11.8 Å². The van der Waals surface area contributed by atoms with Crippen LogP contribution >= 0.6 is 23.4 Å². The molecule has 8 heteroatoms. The SMILES string of the molecule is Cc1ccc(N(CC(=O)NCCSCc2ccccc2C)S(=O)(=O)c2ccc(Cl)cc2)cc1C. The van der Waals surface area contributed by atoms with Gasteiger partial charge in [0.05, 0.1) is 10.6 Å². The summed E-state index contributed by atoms with van der Waals surface area (Å²) in [5, 5.41) is 3.30. The molecule has 0 radical (unpaired) electrons. The summed E-state index contributed by atoms with van der Waals surface area (Å²) in [5.74, 6) is 1.24. The topological polar surface area (TPSA) is 66.5 Å². The Labute approximate surface area is 211 Å². The molecule has 0 bridgehead atoms. The molecule has 0 aromatic heterocycles. The Morgan fingerprint density at radius 2 is 1.65 bits per heavy atom. The summed E-state index contributed by atoms with van der Waals surface area (Å²) in [6, 6.07) is 19.5. The average molecular weight is 517 g/mol. The summed E-state index contributed by atoms with van der Waals surface area (Å²) in [6.07, 6.45) is 0. The Hall–Kier alpha value is -2.48. The lowest BCUT2D eigenvalue weighted by Crippen LogP contribution is -2.41. The molecule has 0 fully saturated rings. The molecule has 0 atom stereocenters. The summed E-state index contributed by atoms with van der Waals surface area (Å²) in [5.41, 5.74) is 4.95. The third-order valence-electron chi connectivity index (χ3n) is 5.55. The minimum atomic E-state index is -3.96. The first-order valence-corrected chi connectivity index (χ1v) is 13.9. The van der Waals surface area contributed by atoms with E-state index in [4.69, 9.17) is 11.6 Å². The van der Waals surface area contributed by atoms with E-state index in [9.17, 15) is 13.2 Å². The van der Waals surface area contributed by atoms with Crippen LogP contribution in [-0.4, -0.2) is 33.2 Å². The average Bonchev–Trinajstić information content (AvgIpc) is 2.80. The zero-order chi connectivity index (χ0) is 24.7. The summed E-state index contributed by atoms with van der Waals surface area (Å²) >= 11 is 7.66. The molecular weight excluding hydrogens is 488 g/mol. The third-order valence-corrected chi connectivity index (χ3v) is 8.60. The van der Waals surface area contributed by atoms with Crippen molar-refractivity contribution < 1.29 is 13.2 Å². The quantitative estimate of drug-likeness (QED) is 0.361. The van der Waals surface area contributed by atoms with Crippen molar-refractivity contribution >= 4 is 45.0 Å². The summed E-state index contributed by atoms with van der Waals surface area (Å²) in [7, 11) is -3.96. The molecule has 3 rings (SSSR count). The molecule has 0 unspecified atom stereocenters. The summed E-state index contributed by atoms with van der Waals surface area (Å²) in [6.45, 7) is 6.10. The van der Waals surface area contributed by atoms with E-state index in [0.717, 1.165) is 26.9 Å². The van der Waals surface area contributed by atoms with E-state index in [1.165, 1.54) is 35.4 Å². The molecule has 0 heterocycles. The van der Waals surface area contributed by atoms with E-state index in [1.807, 2.05) is 32.0 Å². The zero-order valence-electron chi connectivity index (χ0n) is 19.5. The highest BCUT2D eigenvalue weighted by Crippen LogP contribution is 2.26. The van der Waals surface area contributed by atoms with Gasteiger partial charge in [-0.05, 0) is 79.4 Å². The fourth-order valence-electron chi connectivity index (χ4n) is 3.33. The van der Waals surface area contributed by atoms with Crippen LogP contribution in [0.2, 0.25) is 5.02 Å². The molecule has 180 valence electrons. The highest BCUT2D eigenvalue weighted by molar-refractivity contribution is 7.98. The minimum Gasteiger partial charge on any atom is -0.354 e. The maximum atomic E-state index is 13.4. The van der Waals surface area contributed by atoms with Gasteiger partial charge in [0.25, 0.3) is 10.0 Å². The maximum absolute atomic E-state index is 13.4. The van der Waals surface area contributed by atoms with Crippen LogP contribution in [-0.2, 0) is 20.6 Å². The first-order valence-electron chi connectivity index (χ1n) is 10.9. The van der Waals surface area contributed by atoms with Crippen LogP contribution in [0.4, 0.5) is 5.69 Å². The number of nitrogens with zero attached hydrogens (tertiary/aromatic N) is 1. The van der Waals surface area contributed by atoms with Crippen LogP contribution in [0.5, 0.6) is 0 Å². The van der Waals surface area contributed by atoms with Crippen molar-refractivity contribution in [1.82, 2.24) is 5.32 Å². The lowest BCUT2D eigenvalue weighted by Gasteiger charge is -2.25. The van der Waals surface area contributed by atoms with E-state index in [1.54, 1.807) is 23.9 Å². The number of benzene rings is 3. The fourth-order valence-corrected chi connectivity index (χ4v) is 5.81. The Kier molecular flexibility index (Phi) is 9.05. The van der Waals surface area contributed by atoms with Crippen molar-refractivity contribution in [3.63, 3.8) is 0 Å². The number of carbonyl (C=O) groups excluding carboxylic acids is 1. The van der Waals surface area contributed by atoms with Crippen molar-refractivity contribution in [2.24, 2.45) is 0 Å². The van der Waals surface area contributed by atoms with Crippen molar-refractivity contribution in [2.75, 3.05) is 23.1 Å². The number of amides is 1. The highest BCUT2D eigenvalue weighted by atomic mass is 35.5. The molecule has 0 saturated carbocycles. The molecule has 0 aliphatic heterocycles. The molecule has 0 aliphatic rings. The van der Waals surface area contributed by atoms with Gasteiger partial charge in [-0.15, -0.1) is 0 Å². The van der Waals surface area contributed by atoms with Crippen molar-refractivity contribution in [2.45, 2.75) is 31.4 Å². The number of thioether (sulfide) groups is 1. The van der Waals surface area contributed by atoms with Gasteiger partial charge in [-0.1, -0.05) is 41.9 Å². The number of aryl methyl sites for hydroxylation is 3. The molecule has 3 aromatic carbocycles. The Balaban J connectivity index is 1.68. The molecule has 3 aromatic rings. The van der Waals surface area contributed by atoms with Crippen molar-refractivity contribution in [3.05, 3.63) is 94.0 Å². The lowest BCUT2D eigenvalue weighted by atomic mass is 10.1. The van der Waals surface area contributed by atoms with Crippen LogP contribution in [0.15, 0.2) is 71.6 Å². The number of sulfonamides is 1. The van der Waals surface area contributed by atoms with Gasteiger partial charge >= 0.3 is 0 Å². The third kappa shape index (κ3) is 6.78. The molecule has 34 heavy (non-hydrogen) atoms. The molecule has 1 amide bonds. The zero-order valence-corrected chi connectivity index (χ0v) is 21.9. The number of nitrogens with one attached hydrogen (secondary N) is 1. The van der Waals surface area contributed by atoms with Crippen LogP contribution in [0.1, 0.15) is 22.3 Å². The number of hydrogen-bond donors (Lipinski definition) is 1. The monoisotopic (exact) mass is 516 g/mol. The predicted octanol–water partition coefficient (Wildman–Crippen LogP) is 5.51. The minimum absolute atomic E-state index is 0.0803. The van der Waals surface area contributed by atoms with Crippen LogP contribution in [0.3, 0.4) is 0 Å². The van der Waals surface area contributed by atoms with Gasteiger partial charge in [0.2, 0.25) is 5.91 Å². The van der Waals surface area contributed by atoms with E-state index in [2.05, 4.69) is 24.4 Å². The summed E-state index contributed by atoms with van der Waals surface area (Å²) < 4.78 is 28.0. The first kappa shape index (κ1) is 26.1. The van der Waals surface area contributed by atoms with E-state index >= 15 is 0 Å². The predicted molar refractivity (Wildman–Crippen MR) is 142 cm³/mol. The second kappa shape index (κ2) is 11.8. The number of carbonyl (C=O) groups is 1. The first-order chi connectivity index (χ1) is 16.2. The highest BCUT2D eigenvalue weighted by Gasteiger charge is 2.27. The van der Waals surface area contributed by atoms with Crippen molar-refractivity contribution in [3.8, 4) is 0 Å². The lowest BCUT2D eigenvalue weighted by molar-refractivity contribution is -0.119. The molecule has 0 aliphatic carbocycles. The van der Waals surface area contributed by atoms with Gasteiger partial charge < -0.3 is 5.32 Å². The maximum Gasteiger partial charge on any atom is 0.264 e. The van der Waals surface area contributed by atoms with Gasteiger partial charge in [0.1, 0.15) is 6.54 Å². The Bertz CT molecular complexity index is 1250. The van der Waals surface area contributed by atoms with Crippen LogP contribution < -0.4 is 9.62 Å². The standard InChI is InChI=1S/C26H29ClN2O3S2/c1-19-8-11-24(16-21(19)3)29(34(31,32)25-12-9-23(27)10-13-25)17-26(30)28-14-15-33-18-22-7-5-4-6-20(22)2/h4-13,16H,14-15,17-18H2,1-3H3,(H,28,30). The molecule has 0 spiro atoms. The second-order valence-corrected chi connectivity index (χ2v) is 11.5. The number of anilines is 1. The van der Waals surface area contributed by atoms with Crippen LogP contribution in [0, 0.1) is 20.8 Å². The van der Waals surface area contributed by atoms with Gasteiger partial charge in [0, 0.05) is 23.1 Å². The molecule has 5 nitrogen and oxygen atoms in total. The van der Waals surface area contributed by atoms with Gasteiger partial charge in [0.15, 0.2) is 0 Å². The largest absolute Gasteiger partial charge is 0.354 e. The Morgan fingerprint density at radius 3 is 2.32 bits per heavy atom. The molecule has 1 N–H and O–H groups in total. The van der Waals surface area contributed by atoms with E-state index in [-0.39, 0.29) is 17.3 Å². The summed E-state index contributed by atoms with van der Waals surface area (Å²) in [4.78, 5) is 12.8. The fraction of sp³-hybridized carbons (Fsp3) is 0.269. The van der Waals surface area contributed by atoms with Crippen molar-refractivity contribution in [1.29, 1.82) is 0 Å². The number of halogens is 1. The van der Waals surface area contributed by atoms with E-state index in [0.29, 0.717) is 17.3 Å². The van der Waals surface area contributed by atoms with Crippen LogP contribution in [0.25, 0.3) is 0 Å². The Morgan fingerprint density at radius 1 is 0.941 bits per heavy atom. The molecule has 0 saturated heterocycles. The number of rotatable bonds is 10. The smallest absolute Gasteiger partial charge is 0.264 e. The normalized spacial score (nSPS) is 11.3. The number of hydrogen-bond acceptors (Lipinski definition) is 4. The van der Waals surface area contributed by atoms with Gasteiger partial charge in [-0.3, -0.25) is 9.10 Å². The molecular formula is C26H29ClN2O3S2. The van der Waals surface area contributed by atoms with Gasteiger partial charge in [-0.25, -0.2) is 8.42 Å². The van der Waals surface area contributed by atoms with E-state index < -0.39 is 10.0 Å². The second-order valence-electron chi connectivity index (χ2n) is 8.06.